The predicted octanol–water partition coefficient (Wildman–Crippen LogP) is 2.97. The van der Waals surface area contributed by atoms with E-state index in [1.807, 2.05) is 0 Å². The highest BCUT2D eigenvalue weighted by Gasteiger charge is 2.44. The van der Waals surface area contributed by atoms with Crippen molar-refractivity contribution in [1.29, 1.82) is 0 Å². The van der Waals surface area contributed by atoms with Crippen LogP contribution in [-0.2, 0) is 28.0 Å². The molecular weight excluding hydrogens is 433 g/mol. The minimum atomic E-state index is -4.45. The van der Waals surface area contributed by atoms with Gasteiger partial charge >= 0.3 is 6.18 Å². The Balaban J connectivity index is 1.59. The Morgan fingerprint density at radius 2 is 2.06 bits per heavy atom. The molecule has 11 heteroatoms. The molecule has 2 saturated heterocycles. The number of rotatable bonds is 5. The van der Waals surface area contributed by atoms with Crippen molar-refractivity contribution in [3.8, 4) is 0 Å². The lowest BCUT2D eigenvalue weighted by Crippen LogP contribution is -2.36. The number of imidazole rings is 1. The molecule has 0 spiro atoms. The molecule has 1 aromatic heterocycles. The molecule has 3 unspecified atom stereocenters. The monoisotopic (exact) mass is 458 g/mol. The van der Waals surface area contributed by atoms with Crippen LogP contribution >= 0.6 is 0 Å². The fraction of sp³-hybridized carbons (Fsp3) is 0.550. The quantitative estimate of drug-likeness (QED) is 0.746. The van der Waals surface area contributed by atoms with Gasteiger partial charge in [-0.15, -0.1) is 0 Å². The molecule has 0 radical (unpaired) electrons. The van der Waals surface area contributed by atoms with E-state index in [0.29, 0.717) is 18.9 Å². The minimum absolute atomic E-state index is 0.0339. The lowest BCUT2D eigenvalue weighted by Gasteiger charge is -2.31. The van der Waals surface area contributed by atoms with Gasteiger partial charge in [0.05, 0.1) is 11.9 Å². The molecule has 2 aromatic rings. The van der Waals surface area contributed by atoms with Crippen LogP contribution in [0, 0.1) is 11.8 Å². The molecule has 1 aromatic carbocycles. The van der Waals surface area contributed by atoms with Gasteiger partial charge in [-0.2, -0.15) is 17.5 Å². The first-order valence-corrected chi connectivity index (χ1v) is 11.6. The number of hydrogen-bond donors (Lipinski definition) is 1. The van der Waals surface area contributed by atoms with E-state index in [9.17, 15) is 21.6 Å². The van der Waals surface area contributed by atoms with Gasteiger partial charge in [-0.3, -0.25) is 0 Å². The number of sulfonamides is 1. The van der Waals surface area contributed by atoms with E-state index in [1.165, 1.54) is 22.9 Å². The Labute approximate surface area is 179 Å². The zero-order valence-corrected chi connectivity index (χ0v) is 17.9. The summed E-state index contributed by atoms with van der Waals surface area (Å²) in [7, 11) is -2.11. The predicted molar refractivity (Wildman–Crippen MR) is 108 cm³/mol. The van der Waals surface area contributed by atoms with Crippen LogP contribution in [0.1, 0.15) is 18.4 Å². The number of halogens is 3. The smallest absolute Gasteiger partial charge is 0.381 e. The van der Waals surface area contributed by atoms with Crippen LogP contribution < -0.4 is 5.32 Å². The third-order valence-electron chi connectivity index (χ3n) is 5.96. The number of alkyl halides is 3. The largest absolute Gasteiger partial charge is 0.416 e. The fourth-order valence-electron chi connectivity index (χ4n) is 4.38. The summed E-state index contributed by atoms with van der Waals surface area (Å²) >= 11 is 0. The standard InChI is InChI=1S/C20H25F3N4O3S/c1-26-11-19(24-13-26)31(28,29)27-9-17(14-4-3-7-30-12-14)18(10-27)25-16-6-2-5-15(8-16)20(21,22)23/h2,5-6,8,11,13-14,17-18,25H,3-4,7,9-10,12H2,1H3. The van der Waals surface area contributed by atoms with Gasteiger partial charge in [0, 0.05) is 51.3 Å². The van der Waals surface area contributed by atoms with E-state index in [0.717, 1.165) is 25.0 Å². The van der Waals surface area contributed by atoms with Crippen molar-refractivity contribution in [3.63, 3.8) is 0 Å². The van der Waals surface area contributed by atoms with Crippen molar-refractivity contribution < 1.29 is 26.3 Å². The lowest BCUT2D eigenvalue weighted by molar-refractivity contribution is -0.137. The second kappa shape index (κ2) is 8.44. The number of nitrogens with one attached hydrogen (secondary N) is 1. The van der Waals surface area contributed by atoms with E-state index in [1.54, 1.807) is 17.7 Å². The van der Waals surface area contributed by atoms with Crippen molar-refractivity contribution in [2.75, 3.05) is 31.6 Å². The van der Waals surface area contributed by atoms with Gasteiger partial charge in [0.15, 0.2) is 5.03 Å². The zero-order valence-electron chi connectivity index (χ0n) is 17.0. The first-order valence-electron chi connectivity index (χ1n) is 10.1. The number of hydrogen-bond acceptors (Lipinski definition) is 5. The molecule has 0 bridgehead atoms. The molecule has 3 heterocycles. The third-order valence-corrected chi connectivity index (χ3v) is 7.68. The van der Waals surface area contributed by atoms with Crippen LogP contribution in [0.4, 0.5) is 18.9 Å². The first kappa shape index (κ1) is 22.1. The highest BCUT2D eigenvalue weighted by Crippen LogP contribution is 2.36. The Morgan fingerprint density at radius 1 is 1.26 bits per heavy atom. The van der Waals surface area contributed by atoms with Crippen LogP contribution in [0.25, 0.3) is 0 Å². The maximum Gasteiger partial charge on any atom is 0.416 e. The van der Waals surface area contributed by atoms with Crippen molar-refractivity contribution in [3.05, 3.63) is 42.4 Å². The maximum atomic E-state index is 13.1. The van der Waals surface area contributed by atoms with Gasteiger partial charge in [0.1, 0.15) is 0 Å². The van der Waals surface area contributed by atoms with Crippen molar-refractivity contribution >= 4 is 15.7 Å². The molecule has 0 saturated carbocycles. The average molecular weight is 459 g/mol. The highest BCUT2D eigenvalue weighted by atomic mass is 32.2. The van der Waals surface area contributed by atoms with E-state index in [-0.39, 0.29) is 36.0 Å². The molecule has 7 nitrogen and oxygen atoms in total. The molecule has 2 aliphatic heterocycles. The summed E-state index contributed by atoms with van der Waals surface area (Å²) in [5, 5.41) is 3.14. The lowest BCUT2D eigenvalue weighted by atomic mass is 9.84. The number of aromatic nitrogens is 2. The van der Waals surface area contributed by atoms with Crippen LogP contribution in [0.5, 0.6) is 0 Å². The van der Waals surface area contributed by atoms with Crippen LogP contribution in [0.3, 0.4) is 0 Å². The van der Waals surface area contributed by atoms with Gasteiger partial charge in [-0.05, 0) is 42.9 Å². The van der Waals surface area contributed by atoms with Crippen LogP contribution in [0.15, 0.2) is 41.8 Å². The number of nitrogens with zero attached hydrogens (tertiary/aromatic N) is 3. The average Bonchev–Trinajstić information content (AvgIpc) is 3.36. The zero-order chi connectivity index (χ0) is 22.2. The van der Waals surface area contributed by atoms with E-state index in [4.69, 9.17) is 4.74 Å². The molecule has 2 aliphatic rings. The summed E-state index contributed by atoms with van der Waals surface area (Å²) in [6, 6.07) is 4.66. The second-order valence-electron chi connectivity index (χ2n) is 8.17. The number of anilines is 1. The summed E-state index contributed by atoms with van der Waals surface area (Å²) in [5.74, 6) is 0.0364. The molecule has 0 amide bonds. The minimum Gasteiger partial charge on any atom is -0.381 e. The summed E-state index contributed by atoms with van der Waals surface area (Å²) in [4.78, 5) is 3.98. The van der Waals surface area contributed by atoms with Gasteiger partial charge in [0.2, 0.25) is 0 Å². The van der Waals surface area contributed by atoms with E-state index in [2.05, 4.69) is 10.3 Å². The molecule has 0 aliphatic carbocycles. The normalized spacial score (nSPS) is 25.6. The number of ether oxygens (including phenoxy) is 1. The maximum absolute atomic E-state index is 13.1. The topological polar surface area (TPSA) is 76.5 Å². The Bertz CT molecular complexity index is 1020. The molecule has 1 N–H and O–H groups in total. The van der Waals surface area contributed by atoms with Gasteiger partial charge in [-0.1, -0.05) is 6.07 Å². The first-order chi connectivity index (χ1) is 14.6. The van der Waals surface area contributed by atoms with Crippen LogP contribution in [-0.4, -0.2) is 54.6 Å². The second-order valence-corrected chi connectivity index (χ2v) is 10.1. The molecule has 170 valence electrons. The summed E-state index contributed by atoms with van der Waals surface area (Å²) in [6.07, 6.45) is 0.196. The molecule has 4 rings (SSSR count). The molecule has 31 heavy (non-hydrogen) atoms. The summed E-state index contributed by atoms with van der Waals surface area (Å²) in [6.45, 7) is 1.60. The third kappa shape index (κ3) is 4.73. The van der Waals surface area contributed by atoms with E-state index < -0.39 is 21.8 Å². The van der Waals surface area contributed by atoms with Gasteiger partial charge in [-0.25, -0.2) is 13.4 Å². The Kier molecular flexibility index (Phi) is 6.01. The van der Waals surface area contributed by atoms with Crippen molar-refractivity contribution in [1.82, 2.24) is 13.9 Å². The molecule has 2 fully saturated rings. The fourth-order valence-corrected chi connectivity index (χ4v) is 5.84. The van der Waals surface area contributed by atoms with Crippen molar-refractivity contribution in [2.45, 2.75) is 30.1 Å². The highest BCUT2D eigenvalue weighted by molar-refractivity contribution is 7.89. The molecular formula is C20H25F3N4O3S. The number of aryl methyl sites for hydroxylation is 1. The SMILES string of the molecule is Cn1cnc(S(=O)(=O)N2CC(Nc3cccc(C(F)(F)F)c3)C(C3CCCOC3)C2)c1. The summed E-state index contributed by atoms with van der Waals surface area (Å²) < 4.78 is 74.1. The number of benzene rings is 1. The summed E-state index contributed by atoms with van der Waals surface area (Å²) in [5.41, 5.74) is -0.426. The molecule has 3 atom stereocenters. The van der Waals surface area contributed by atoms with Gasteiger partial charge in [0.25, 0.3) is 10.0 Å². The Morgan fingerprint density at radius 3 is 2.71 bits per heavy atom. The van der Waals surface area contributed by atoms with Crippen LogP contribution in [0.2, 0.25) is 0 Å². The van der Waals surface area contributed by atoms with Gasteiger partial charge < -0.3 is 14.6 Å². The van der Waals surface area contributed by atoms with Crippen molar-refractivity contribution in [2.24, 2.45) is 18.9 Å². The Hall–Kier alpha value is -2.11. The van der Waals surface area contributed by atoms with E-state index >= 15 is 0 Å².